The zero-order valence-corrected chi connectivity index (χ0v) is 15.4. The summed E-state index contributed by atoms with van der Waals surface area (Å²) in [4.78, 5) is 25.1. The van der Waals surface area contributed by atoms with E-state index in [1.807, 2.05) is 37.3 Å². The van der Waals surface area contributed by atoms with E-state index < -0.39 is 5.41 Å². The summed E-state index contributed by atoms with van der Waals surface area (Å²) in [6.45, 7) is 4.02. The molecule has 26 heavy (non-hydrogen) atoms. The maximum absolute atomic E-state index is 13.2. The van der Waals surface area contributed by atoms with Crippen LogP contribution in [0.3, 0.4) is 0 Å². The lowest BCUT2D eigenvalue weighted by Crippen LogP contribution is -2.38. The van der Waals surface area contributed by atoms with Gasteiger partial charge in [-0.25, -0.2) is 4.79 Å². The first-order valence-electron chi connectivity index (χ1n) is 9.21. The molecule has 0 aromatic heterocycles. The lowest BCUT2D eigenvalue weighted by atomic mass is 9.78. The summed E-state index contributed by atoms with van der Waals surface area (Å²) in [5, 5.41) is 3.10. The number of benzene rings is 2. The Morgan fingerprint density at radius 3 is 2.38 bits per heavy atom. The van der Waals surface area contributed by atoms with Gasteiger partial charge in [0.15, 0.2) is 0 Å². The smallest absolute Gasteiger partial charge is 0.338 e. The molecule has 0 heterocycles. The number of esters is 1. The van der Waals surface area contributed by atoms with Crippen LogP contribution in [0.25, 0.3) is 0 Å². The molecule has 0 saturated heterocycles. The molecule has 1 amide bonds. The molecule has 0 radical (unpaired) electrons. The fraction of sp³-hybridized carbons (Fsp3) is 0.364. The number of aryl methyl sites for hydroxylation is 1. The van der Waals surface area contributed by atoms with Crippen molar-refractivity contribution in [1.29, 1.82) is 0 Å². The van der Waals surface area contributed by atoms with Crippen molar-refractivity contribution in [3.05, 3.63) is 65.2 Å². The number of amides is 1. The Morgan fingerprint density at radius 1 is 1.08 bits per heavy atom. The summed E-state index contributed by atoms with van der Waals surface area (Å²) in [6, 6.07) is 15.3. The maximum Gasteiger partial charge on any atom is 0.338 e. The van der Waals surface area contributed by atoms with Crippen LogP contribution in [0, 0.1) is 6.92 Å². The van der Waals surface area contributed by atoms with Crippen LogP contribution in [0.2, 0.25) is 0 Å². The summed E-state index contributed by atoms with van der Waals surface area (Å²) in [7, 11) is 0. The lowest BCUT2D eigenvalue weighted by molar-refractivity contribution is -0.121. The Kier molecular flexibility index (Phi) is 5.40. The minimum Gasteiger partial charge on any atom is -0.462 e. The molecule has 1 fully saturated rings. The molecule has 1 N–H and O–H groups in total. The van der Waals surface area contributed by atoms with E-state index in [1.165, 1.54) is 0 Å². The highest BCUT2D eigenvalue weighted by Crippen LogP contribution is 2.42. The minimum absolute atomic E-state index is 0.0354. The molecule has 0 atom stereocenters. The fourth-order valence-electron chi connectivity index (χ4n) is 3.77. The predicted molar refractivity (Wildman–Crippen MR) is 102 cm³/mol. The normalized spacial score (nSPS) is 15.5. The molecule has 1 aliphatic rings. The van der Waals surface area contributed by atoms with Crippen LogP contribution in [-0.4, -0.2) is 18.5 Å². The summed E-state index contributed by atoms with van der Waals surface area (Å²) in [5.74, 6) is -0.307. The van der Waals surface area contributed by atoms with Gasteiger partial charge in [-0.1, -0.05) is 43.2 Å². The van der Waals surface area contributed by atoms with Gasteiger partial charge in [-0.05, 0) is 56.0 Å². The van der Waals surface area contributed by atoms with Gasteiger partial charge in [0.25, 0.3) is 0 Å². The SMILES string of the molecule is CCOC(=O)c1ccc(NC(=O)C2(c3ccccc3)CCCC2)c(C)c1. The molecule has 0 aliphatic heterocycles. The first kappa shape index (κ1) is 18.2. The molecular formula is C22H25NO3. The summed E-state index contributed by atoms with van der Waals surface area (Å²) >= 11 is 0. The third-order valence-corrected chi connectivity index (χ3v) is 5.20. The van der Waals surface area contributed by atoms with Crippen molar-refractivity contribution in [2.75, 3.05) is 11.9 Å². The molecule has 0 bridgehead atoms. The number of carbonyl (C=O) groups is 2. The molecule has 136 valence electrons. The van der Waals surface area contributed by atoms with Crippen molar-refractivity contribution >= 4 is 17.6 Å². The summed E-state index contributed by atoms with van der Waals surface area (Å²) < 4.78 is 5.03. The van der Waals surface area contributed by atoms with Crippen LogP contribution < -0.4 is 5.32 Å². The monoisotopic (exact) mass is 351 g/mol. The number of anilines is 1. The molecule has 1 aliphatic carbocycles. The highest BCUT2D eigenvalue weighted by Gasteiger charge is 2.42. The Bertz CT molecular complexity index is 792. The maximum atomic E-state index is 13.2. The predicted octanol–water partition coefficient (Wildman–Crippen LogP) is 4.62. The van der Waals surface area contributed by atoms with Crippen LogP contribution in [0.15, 0.2) is 48.5 Å². The first-order valence-corrected chi connectivity index (χ1v) is 9.21. The van der Waals surface area contributed by atoms with Crippen LogP contribution in [0.5, 0.6) is 0 Å². The second-order valence-corrected chi connectivity index (χ2v) is 6.86. The Balaban J connectivity index is 1.83. The molecule has 4 heteroatoms. The quantitative estimate of drug-likeness (QED) is 0.800. The Hall–Kier alpha value is -2.62. The van der Waals surface area contributed by atoms with Crippen molar-refractivity contribution in [3.63, 3.8) is 0 Å². The van der Waals surface area contributed by atoms with Crippen molar-refractivity contribution in [1.82, 2.24) is 0 Å². The number of nitrogens with one attached hydrogen (secondary N) is 1. The van der Waals surface area contributed by atoms with Crippen LogP contribution >= 0.6 is 0 Å². The second kappa shape index (κ2) is 7.73. The van der Waals surface area contributed by atoms with E-state index in [1.54, 1.807) is 25.1 Å². The molecule has 2 aromatic carbocycles. The average Bonchev–Trinajstić information content (AvgIpc) is 3.15. The van der Waals surface area contributed by atoms with E-state index in [9.17, 15) is 9.59 Å². The number of hydrogen-bond donors (Lipinski definition) is 1. The van der Waals surface area contributed by atoms with E-state index >= 15 is 0 Å². The fourth-order valence-corrected chi connectivity index (χ4v) is 3.77. The number of ether oxygens (including phenoxy) is 1. The van der Waals surface area contributed by atoms with Crippen LogP contribution in [0.1, 0.15) is 54.1 Å². The average molecular weight is 351 g/mol. The molecule has 0 unspecified atom stereocenters. The number of rotatable bonds is 5. The Morgan fingerprint density at radius 2 is 1.77 bits per heavy atom. The van der Waals surface area contributed by atoms with Gasteiger partial charge in [-0.3, -0.25) is 4.79 Å². The standard InChI is InChI=1S/C22H25NO3/c1-3-26-20(24)17-11-12-19(16(2)15-17)23-21(25)22(13-7-8-14-22)18-9-5-4-6-10-18/h4-6,9-12,15H,3,7-8,13-14H2,1-2H3,(H,23,25). The first-order chi connectivity index (χ1) is 12.6. The third kappa shape index (κ3) is 3.50. The van der Waals surface area contributed by atoms with Gasteiger partial charge < -0.3 is 10.1 Å². The minimum atomic E-state index is -0.465. The van der Waals surface area contributed by atoms with Crippen molar-refractivity contribution in [2.24, 2.45) is 0 Å². The molecule has 0 spiro atoms. The van der Waals surface area contributed by atoms with E-state index in [0.29, 0.717) is 12.2 Å². The van der Waals surface area contributed by atoms with Crippen LogP contribution in [-0.2, 0) is 14.9 Å². The van der Waals surface area contributed by atoms with Gasteiger partial charge in [-0.2, -0.15) is 0 Å². The van der Waals surface area contributed by atoms with Gasteiger partial charge in [0.2, 0.25) is 5.91 Å². The number of carbonyl (C=O) groups excluding carboxylic acids is 2. The van der Waals surface area contributed by atoms with Gasteiger partial charge in [0.1, 0.15) is 0 Å². The second-order valence-electron chi connectivity index (χ2n) is 6.86. The van der Waals surface area contributed by atoms with E-state index in [4.69, 9.17) is 4.74 Å². The molecule has 1 saturated carbocycles. The molecule has 4 nitrogen and oxygen atoms in total. The van der Waals surface area contributed by atoms with Crippen LogP contribution in [0.4, 0.5) is 5.69 Å². The highest BCUT2D eigenvalue weighted by atomic mass is 16.5. The van der Waals surface area contributed by atoms with Crippen molar-refractivity contribution in [2.45, 2.75) is 44.9 Å². The lowest BCUT2D eigenvalue weighted by Gasteiger charge is -2.28. The zero-order chi connectivity index (χ0) is 18.6. The molecular weight excluding hydrogens is 326 g/mol. The van der Waals surface area contributed by atoms with Gasteiger partial charge >= 0.3 is 5.97 Å². The van der Waals surface area contributed by atoms with E-state index in [2.05, 4.69) is 5.32 Å². The number of hydrogen-bond acceptors (Lipinski definition) is 3. The molecule has 2 aromatic rings. The highest BCUT2D eigenvalue weighted by molar-refractivity contribution is 6.00. The van der Waals surface area contributed by atoms with Crippen molar-refractivity contribution in [3.8, 4) is 0 Å². The summed E-state index contributed by atoms with van der Waals surface area (Å²) in [6.07, 6.45) is 3.85. The Labute approximate surface area is 154 Å². The van der Waals surface area contributed by atoms with Gasteiger partial charge in [0, 0.05) is 5.69 Å². The molecule has 3 rings (SSSR count). The summed E-state index contributed by atoms with van der Waals surface area (Å²) in [5.41, 5.74) is 2.71. The van der Waals surface area contributed by atoms with Gasteiger partial charge in [-0.15, -0.1) is 0 Å². The largest absolute Gasteiger partial charge is 0.462 e. The van der Waals surface area contributed by atoms with Crippen molar-refractivity contribution < 1.29 is 14.3 Å². The third-order valence-electron chi connectivity index (χ3n) is 5.20. The topological polar surface area (TPSA) is 55.4 Å². The van der Waals surface area contributed by atoms with E-state index in [0.717, 1.165) is 42.5 Å². The van der Waals surface area contributed by atoms with E-state index in [-0.39, 0.29) is 11.9 Å². The zero-order valence-electron chi connectivity index (χ0n) is 15.4. The van der Waals surface area contributed by atoms with Gasteiger partial charge in [0.05, 0.1) is 17.6 Å².